The molecule has 1 aliphatic heterocycles. The smallest absolute Gasteiger partial charge is 0.339 e. The van der Waals surface area contributed by atoms with Crippen molar-refractivity contribution in [3.63, 3.8) is 0 Å². The van der Waals surface area contributed by atoms with Gasteiger partial charge in [-0.15, -0.1) is 0 Å². The summed E-state index contributed by atoms with van der Waals surface area (Å²) in [6, 6.07) is 7.82. The summed E-state index contributed by atoms with van der Waals surface area (Å²) in [6.07, 6.45) is 4.00. The first kappa shape index (κ1) is 20.0. The fourth-order valence-electron chi connectivity index (χ4n) is 4.49. The first-order chi connectivity index (χ1) is 14.9. The second kappa shape index (κ2) is 7.62. The van der Waals surface area contributed by atoms with Gasteiger partial charge in [-0.2, -0.15) is 0 Å². The van der Waals surface area contributed by atoms with Crippen LogP contribution in [0.4, 0.5) is 10.2 Å². The molecule has 1 saturated heterocycles. The van der Waals surface area contributed by atoms with Gasteiger partial charge in [-0.25, -0.2) is 14.2 Å². The molecule has 0 radical (unpaired) electrons. The van der Waals surface area contributed by atoms with E-state index in [2.05, 4.69) is 0 Å². The molecule has 1 amide bonds. The number of pyridine rings is 1. The first-order valence-electron chi connectivity index (χ1n) is 11.0. The third-order valence-electron chi connectivity index (χ3n) is 6.52. The molecular formula is C24H26FN3O3. The van der Waals surface area contributed by atoms with Crippen LogP contribution in [0.1, 0.15) is 54.6 Å². The van der Waals surface area contributed by atoms with Gasteiger partial charge in [0, 0.05) is 43.1 Å². The number of anilines is 1. The van der Waals surface area contributed by atoms with Crippen LogP contribution in [0, 0.1) is 11.7 Å². The van der Waals surface area contributed by atoms with Gasteiger partial charge in [0.1, 0.15) is 17.2 Å². The van der Waals surface area contributed by atoms with E-state index in [-0.39, 0.29) is 29.2 Å². The largest absolute Gasteiger partial charge is 0.478 e. The van der Waals surface area contributed by atoms with Gasteiger partial charge < -0.3 is 14.9 Å². The summed E-state index contributed by atoms with van der Waals surface area (Å²) in [5, 5.41) is 9.95. The molecule has 31 heavy (non-hydrogen) atoms. The average molecular weight is 423 g/mol. The van der Waals surface area contributed by atoms with Crippen molar-refractivity contribution < 1.29 is 19.1 Å². The number of benzene rings is 1. The Morgan fingerprint density at radius 3 is 2.39 bits per heavy atom. The molecule has 5 rings (SSSR count). The number of hydrogen-bond acceptors (Lipinski definition) is 4. The zero-order chi connectivity index (χ0) is 21.7. The fourth-order valence-corrected chi connectivity index (χ4v) is 4.49. The molecule has 3 aliphatic rings. The van der Waals surface area contributed by atoms with Crippen molar-refractivity contribution in [3.8, 4) is 11.1 Å². The summed E-state index contributed by atoms with van der Waals surface area (Å²) in [4.78, 5) is 33.5. The van der Waals surface area contributed by atoms with Gasteiger partial charge in [-0.05, 0) is 56.4 Å². The summed E-state index contributed by atoms with van der Waals surface area (Å²) in [5.74, 6) is -0.172. The minimum atomic E-state index is -1.03. The van der Waals surface area contributed by atoms with E-state index >= 15 is 0 Å². The van der Waals surface area contributed by atoms with Crippen LogP contribution in [0.25, 0.3) is 11.1 Å². The second-order valence-corrected chi connectivity index (χ2v) is 8.98. The van der Waals surface area contributed by atoms with Crippen molar-refractivity contribution in [3.05, 3.63) is 47.4 Å². The van der Waals surface area contributed by atoms with Crippen molar-refractivity contribution in [2.45, 2.75) is 44.6 Å². The van der Waals surface area contributed by atoms with E-state index in [9.17, 15) is 19.1 Å². The first-order valence-corrected chi connectivity index (χ1v) is 11.0. The highest BCUT2D eigenvalue weighted by molar-refractivity contribution is 5.95. The Bertz CT molecular complexity index is 1030. The minimum Gasteiger partial charge on any atom is -0.478 e. The van der Waals surface area contributed by atoms with E-state index in [4.69, 9.17) is 4.98 Å². The lowest BCUT2D eigenvalue weighted by atomic mass is 9.98. The van der Waals surface area contributed by atoms with Crippen LogP contribution < -0.4 is 4.90 Å². The summed E-state index contributed by atoms with van der Waals surface area (Å²) in [7, 11) is 0. The Labute approximate surface area is 180 Å². The van der Waals surface area contributed by atoms with Gasteiger partial charge in [-0.1, -0.05) is 12.1 Å². The van der Waals surface area contributed by atoms with E-state index in [0.29, 0.717) is 31.4 Å². The molecule has 0 spiro atoms. The number of rotatable bonds is 5. The van der Waals surface area contributed by atoms with E-state index in [0.717, 1.165) is 42.5 Å². The van der Waals surface area contributed by atoms with E-state index in [1.807, 2.05) is 16.7 Å². The standard InChI is InChI=1S/C24H26FN3O3/c1-14-13-27(10-11-28(14)23(29)17-4-5-17)22-20(24(30)31)12-19(21(26-22)16-2-3-16)15-6-8-18(25)9-7-15/h6-9,12,14,16-17H,2-5,10-11,13H2,1H3,(H,30,31)/t14-/m1/s1. The Hall–Kier alpha value is -2.96. The van der Waals surface area contributed by atoms with E-state index in [1.54, 1.807) is 18.2 Å². The summed E-state index contributed by atoms with van der Waals surface area (Å²) in [6.45, 7) is 3.72. The monoisotopic (exact) mass is 423 g/mol. The minimum absolute atomic E-state index is 0.00597. The highest BCUT2D eigenvalue weighted by atomic mass is 19.1. The lowest BCUT2D eigenvalue weighted by molar-refractivity contribution is -0.134. The highest BCUT2D eigenvalue weighted by Crippen LogP contribution is 2.45. The summed E-state index contributed by atoms with van der Waals surface area (Å²) >= 11 is 0. The molecule has 2 heterocycles. The molecule has 1 aromatic heterocycles. The molecule has 1 aromatic carbocycles. The van der Waals surface area contributed by atoms with Crippen LogP contribution in [0.15, 0.2) is 30.3 Å². The lowest BCUT2D eigenvalue weighted by Gasteiger charge is -2.41. The van der Waals surface area contributed by atoms with Crippen molar-refractivity contribution in [2.24, 2.45) is 5.92 Å². The van der Waals surface area contributed by atoms with Crippen LogP contribution in [0.2, 0.25) is 0 Å². The molecule has 2 saturated carbocycles. The zero-order valence-electron chi connectivity index (χ0n) is 17.6. The molecule has 6 nitrogen and oxygen atoms in total. The molecule has 1 N–H and O–H groups in total. The van der Waals surface area contributed by atoms with Gasteiger partial charge in [0.25, 0.3) is 0 Å². The Morgan fingerprint density at radius 2 is 1.81 bits per heavy atom. The molecule has 0 bridgehead atoms. The lowest BCUT2D eigenvalue weighted by Crippen LogP contribution is -2.55. The van der Waals surface area contributed by atoms with Gasteiger partial charge in [0.15, 0.2) is 0 Å². The Balaban J connectivity index is 1.50. The van der Waals surface area contributed by atoms with E-state index < -0.39 is 5.97 Å². The van der Waals surface area contributed by atoms with Crippen LogP contribution in [-0.4, -0.2) is 52.5 Å². The third-order valence-corrected chi connectivity index (χ3v) is 6.52. The van der Waals surface area contributed by atoms with Crippen LogP contribution >= 0.6 is 0 Å². The zero-order valence-corrected chi connectivity index (χ0v) is 17.6. The Morgan fingerprint density at radius 1 is 1.10 bits per heavy atom. The summed E-state index contributed by atoms with van der Waals surface area (Å²) < 4.78 is 13.4. The third kappa shape index (κ3) is 3.89. The van der Waals surface area contributed by atoms with Gasteiger partial charge in [-0.3, -0.25) is 4.79 Å². The number of amides is 1. The predicted octanol–water partition coefficient (Wildman–Crippen LogP) is 3.91. The average Bonchev–Trinajstić information content (AvgIpc) is 3.65. The van der Waals surface area contributed by atoms with Crippen molar-refractivity contribution in [1.29, 1.82) is 0 Å². The number of aromatic carboxylic acids is 1. The number of hydrogen-bond donors (Lipinski definition) is 1. The van der Waals surface area contributed by atoms with Crippen LogP contribution in [0.5, 0.6) is 0 Å². The number of nitrogens with zero attached hydrogens (tertiary/aromatic N) is 3. The second-order valence-electron chi connectivity index (χ2n) is 8.98. The molecule has 1 atom stereocenters. The summed E-state index contributed by atoms with van der Waals surface area (Å²) in [5.41, 5.74) is 2.57. The van der Waals surface area contributed by atoms with Crippen molar-refractivity contribution in [1.82, 2.24) is 9.88 Å². The SMILES string of the molecule is C[C@@H]1CN(c2nc(C3CC3)c(-c3ccc(F)cc3)cc2C(=O)O)CCN1C(=O)C1CC1. The number of carboxylic acids is 1. The molecule has 7 heteroatoms. The molecule has 3 fully saturated rings. The maximum atomic E-state index is 13.4. The predicted molar refractivity (Wildman–Crippen MR) is 115 cm³/mol. The van der Waals surface area contributed by atoms with Gasteiger partial charge in [0.2, 0.25) is 5.91 Å². The maximum Gasteiger partial charge on any atom is 0.339 e. The maximum absolute atomic E-state index is 13.4. The Kier molecular flexibility index (Phi) is 4.91. The molecule has 2 aliphatic carbocycles. The topological polar surface area (TPSA) is 73.7 Å². The number of carboxylic acid groups (broad SMARTS) is 1. The number of carbonyl (C=O) groups is 2. The molecular weight excluding hydrogens is 397 g/mol. The van der Waals surface area contributed by atoms with E-state index in [1.165, 1.54) is 12.1 Å². The molecule has 162 valence electrons. The molecule has 2 aromatic rings. The quantitative estimate of drug-likeness (QED) is 0.789. The van der Waals surface area contributed by atoms with Crippen LogP contribution in [-0.2, 0) is 4.79 Å². The number of halogens is 1. The number of aromatic nitrogens is 1. The van der Waals surface area contributed by atoms with Crippen LogP contribution in [0.3, 0.4) is 0 Å². The fraction of sp³-hybridized carbons (Fsp3) is 0.458. The highest BCUT2D eigenvalue weighted by Gasteiger charge is 2.38. The van der Waals surface area contributed by atoms with Gasteiger partial charge in [0.05, 0.1) is 5.69 Å². The normalized spacial score (nSPS) is 21.3. The van der Waals surface area contributed by atoms with Crippen molar-refractivity contribution in [2.75, 3.05) is 24.5 Å². The molecule has 0 unspecified atom stereocenters. The van der Waals surface area contributed by atoms with Gasteiger partial charge >= 0.3 is 5.97 Å². The number of piperazine rings is 1. The number of carbonyl (C=O) groups excluding carboxylic acids is 1. The van der Waals surface area contributed by atoms with Crippen molar-refractivity contribution >= 4 is 17.7 Å².